The third kappa shape index (κ3) is 5.74. The average Bonchev–Trinajstić information content (AvgIpc) is 2.45. The van der Waals surface area contributed by atoms with Crippen molar-refractivity contribution < 1.29 is 4.79 Å². The lowest BCUT2D eigenvalue weighted by Crippen LogP contribution is -2.42. The number of nitrogens with one attached hydrogen (secondary N) is 2. The predicted octanol–water partition coefficient (Wildman–Crippen LogP) is 3.77. The van der Waals surface area contributed by atoms with Crippen LogP contribution in [0.4, 0.5) is 5.82 Å². The van der Waals surface area contributed by atoms with Crippen molar-refractivity contribution in [1.29, 1.82) is 0 Å². The molecule has 0 aliphatic heterocycles. The summed E-state index contributed by atoms with van der Waals surface area (Å²) >= 11 is 0. The van der Waals surface area contributed by atoms with Crippen LogP contribution in [0.1, 0.15) is 69.9 Å². The van der Waals surface area contributed by atoms with Gasteiger partial charge in [0.2, 0.25) is 0 Å². The first-order chi connectivity index (χ1) is 9.91. The van der Waals surface area contributed by atoms with Gasteiger partial charge in [0.25, 0.3) is 5.91 Å². The molecule has 0 aliphatic carbocycles. The Morgan fingerprint density at radius 3 is 2.48 bits per heavy atom. The van der Waals surface area contributed by atoms with E-state index in [2.05, 4.69) is 36.4 Å². The Morgan fingerprint density at radius 2 is 1.90 bits per heavy atom. The topological polar surface area (TPSA) is 54.0 Å². The van der Waals surface area contributed by atoms with Crippen molar-refractivity contribution >= 4 is 11.7 Å². The largest absolute Gasteiger partial charge is 0.370 e. The quantitative estimate of drug-likeness (QED) is 0.766. The van der Waals surface area contributed by atoms with Crippen molar-refractivity contribution in [3.05, 3.63) is 23.4 Å². The Kier molecular flexibility index (Phi) is 6.66. The van der Waals surface area contributed by atoms with Crippen molar-refractivity contribution in [1.82, 2.24) is 10.3 Å². The van der Waals surface area contributed by atoms with E-state index < -0.39 is 0 Å². The van der Waals surface area contributed by atoms with Crippen LogP contribution in [0.15, 0.2) is 12.1 Å². The number of rotatable bonds is 8. The van der Waals surface area contributed by atoms with E-state index in [0.717, 1.165) is 43.7 Å². The van der Waals surface area contributed by atoms with Crippen molar-refractivity contribution in [3.63, 3.8) is 0 Å². The minimum absolute atomic E-state index is 0.0267. The molecule has 0 saturated carbocycles. The molecule has 0 fully saturated rings. The van der Waals surface area contributed by atoms with E-state index in [9.17, 15) is 4.79 Å². The monoisotopic (exact) mass is 291 g/mol. The van der Waals surface area contributed by atoms with Crippen molar-refractivity contribution in [3.8, 4) is 0 Å². The zero-order valence-corrected chi connectivity index (χ0v) is 14.0. The van der Waals surface area contributed by atoms with Gasteiger partial charge in [-0.05, 0) is 45.2 Å². The molecule has 1 amide bonds. The van der Waals surface area contributed by atoms with Gasteiger partial charge in [0.1, 0.15) is 5.82 Å². The molecule has 0 unspecified atom stereocenters. The van der Waals surface area contributed by atoms with Gasteiger partial charge in [0, 0.05) is 23.3 Å². The first-order valence-electron chi connectivity index (χ1n) is 7.99. The lowest BCUT2D eigenvalue weighted by molar-refractivity contribution is 0.0911. The predicted molar refractivity (Wildman–Crippen MR) is 88.8 cm³/mol. The molecule has 118 valence electrons. The fourth-order valence-corrected chi connectivity index (χ4v) is 1.91. The van der Waals surface area contributed by atoms with E-state index in [1.807, 2.05) is 26.0 Å². The van der Waals surface area contributed by atoms with Gasteiger partial charge in [-0.2, -0.15) is 0 Å². The summed E-state index contributed by atoms with van der Waals surface area (Å²) < 4.78 is 0. The van der Waals surface area contributed by atoms with Gasteiger partial charge in [-0.15, -0.1) is 0 Å². The van der Waals surface area contributed by atoms with Crippen molar-refractivity contribution in [2.24, 2.45) is 0 Å². The Morgan fingerprint density at radius 1 is 1.19 bits per heavy atom. The standard InChI is InChI=1S/C17H29N3O/c1-6-9-14-11-13(12-15(19-14)18-10-7-2)16(21)20-17(4,5)8-3/h11-12H,6-10H2,1-5H3,(H,18,19)(H,20,21). The summed E-state index contributed by atoms with van der Waals surface area (Å²) in [5, 5.41) is 6.35. The van der Waals surface area contributed by atoms with Gasteiger partial charge < -0.3 is 10.6 Å². The summed E-state index contributed by atoms with van der Waals surface area (Å²) in [6, 6.07) is 3.75. The Balaban J connectivity index is 2.98. The molecule has 0 spiro atoms. The van der Waals surface area contributed by atoms with Crippen LogP contribution in [0.5, 0.6) is 0 Å². The van der Waals surface area contributed by atoms with Crippen LogP contribution in [-0.2, 0) is 6.42 Å². The maximum Gasteiger partial charge on any atom is 0.251 e. The SMILES string of the molecule is CCCNc1cc(C(=O)NC(C)(C)CC)cc(CCC)n1. The molecule has 1 aromatic rings. The zero-order valence-electron chi connectivity index (χ0n) is 14.0. The second kappa shape index (κ2) is 8.01. The molecule has 1 aromatic heterocycles. The minimum Gasteiger partial charge on any atom is -0.370 e. The highest BCUT2D eigenvalue weighted by atomic mass is 16.1. The normalized spacial score (nSPS) is 11.3. The summed E-state index contributed by atoms with van der Waals surface area (Å²) in [5.74, 6) is 0.767. The van der Waals surface area contributed by atoms with Gasteiger partial charge >= 0.3 is 0 Å². The lowest BCUT2D eigenvalue weighted by Gasteiger charge is -2.24. The highest BCUT2D eigenvalue weighted by molar-refractivity contribution is 5.95. The van der Waals surface area contributed by atoms with E-state index in [4.69, 9.17) is 0 Å². The minimum atomic E-state index is -0.192. The number of anilines is 1. The highest BCUT2D eigenvalue weighted by Crippen LogP contribution is 2.15. The lowest BCUT2D eigenvalue weighted by atomic mass is 10.0. The molecule has 4 heteroatoms. The Labute approximate surface area is 128 Å². The number of pyridine rings is 1. The first-order valence-corrected chi connectivity index (χ1v) is 7.99. The van der Waals surface area contributed by atoms with E-state index in [-0.39, 0.29) is 11.4 Å². The van der Waals surface area contributed by atoms with Crippen molar-refractivity contribution in [2.45, 2.75) is 65.8 Å². The molecule has 0 saturated heterocycles. The summed E-state index contributed by atoms with van der Waals surface area (Å²) in [7, 11) is 0. The fraction of sp³-hybridized carbons (Fsp3) is 0.647. The number of hydrogen-bond acceptors (Lipinski definition) is 3. The molecule has 0 aliphatic rings. The number of nitrogens with zero attached hydrogens (tertiary/aromatic N) is 1. The van der Waals surface area contributed by atoms with Gasteiger partial charge in [-0.3, -0.25) is 4.79 Å². The van der Waals surface area contributed by atoms with Gasteiger partial charge in [0.05, 0.1) is 0 Å². The molecule has 4 nitrogen and oxygen atoms in total. The maximum atomic E-state index is 12.4. The number of aromatic nitrogens is 1. The van der Waals surface area contributed by atoms with Crippen LogP contribution in [0.25, 0.3) is 0 Å². The number of carbonyl (C=O) groups is 1. The highest BCUT2D eigenvalue weighted by Gasteiger charge is 2.19. The molecule has 2 N–H and O–H groups in total. The fourth-order valence-electron chi connectivity index (χ4n) is 1.91. The van der Waals surface area contributed by atoms with Crippen LogP contribution < -0.4 is 10.6 Å². The van der Waals surface area contributed by atoms with Gasteiger partial charge in [0.15, 0.2) is 0 Å². The third-order valence-corrected chi connectivity index (χ3v) is 3.54. The van der Waals surface area contributed by atoms with E-state index >= 15 is 0 Å². The molecular formula is C17H29N3O. The van der Waals surface area contributed by atoms with Crippen molar-refractivity contribution in [2.75, 3.05) is 11.9 Å². The number of hydrogen-bond donors (Lipinski definition) is 2. The van der Waals surface area contributed by atoms with Crippen LogP contribution in [0.3, 0.4) is 0 Å². The van der Waals surface area contributed by atoms with E-state index in [0.29, 0.717) is 5.56 Å². The Bertz CT molecular complexity index is 469. The molecule has 0 atom stereocenters. The summed E-state index contributed by atoms with van der Waals surface area (Å²) in [6.45, 7) is 11.2. The Hall–Kier alpha value is -1.58. The van der Waals surface area contributed by atoms with Gasteiger partial charge in [-0.1, -0.05) is 27.2 Å². The molecular weight excluding hydrogens is 262 g/mol. The van der Waals surface area contributed by atoms with Crippen LogP contribution in [-0.4, -0.2) is 23.0 Å². The third-order valence-electron chi connectivity index (χ3n) is 3.54. The van der Waals surface area contributed by atoms with E-state index in [1.165, 1.54) is 0 Å². The summed E-state index contributed by atoms with van der Waals surface area (Å²) in [4.78, 5) is 17.0. The second-order valence-corrected chi connectivity index (χ2v) is 6.10. The van der Waals surface area contributed by atoms with Gasteiger partial charge in [-0.25, -0.2) is 4.98 Å². The summed E-state index contributed by atoms with van der Waals surface area (Å²) in [6.07, 6.45) is 3.83. The molecule has 0 bridgehead atoms. The molecule has 1 rings (SSSR count). The first kappa shape index (κ1) is 17.5. The van der Waals surface area contributed by atoms with Crippen LogP contribution in [0, 0.1) is 0 Å². The van der Waals surface area contributed by atoms with Crippen LogP contribution >= 0.6 is 0 Å². The number of amides is 1. The summed E-state index contributed by atoms with van der Waals surface area (Å²) in [5.41, 5.74) is 1.47. The smallest absolute Gasteiger partial charge is 0.251 e. The molecule has 0 radical (unpaired) electrons. The maximum absolute atomic E-state index is 12.4. The second-order valence-electron chi connectivity index (χ2n) is 6.10. The molecule has 1 heterocycles. The van der Waals surface area contributed by atoms with E-state index in [1.54, 1.807) is 0 Å². The average molecular weight is 291 g/mol. The number of aryl methyl sites for hydroxylation is 1. The molecule has 0 aromatic carbocycles. The zero-order chi connectivity index (χ0) is 15.9. The number of carbonyl (C=O) groups excluding carboxylic acids is 1. The van der Waals surface area contributed by atoms with Crippen LogP contribution in [0.2, 0.25) is 0 Å². The molecule has 21 heavy (non-hydrogen) atoms.